The summed E-state index contributed by atoms with van der Waals surface area (Å²) < 4.78 is 0. The summed E-state index contributed by atoms with van der Waals surface area (Å²) in [6, 6.07) is 0. The highest BCUT2D eigenvalue weighted by molar-refractivity contribution is 5.80. The van der Waals surface area contributed by atoms with Crippen LogP contribution in [0.1, 0.15) is 54.9 Å². The van der Waals surface area contributed by atoms with Crippen molar-refractivity contribution < 1.29 is 0 Å². The molecule has 0 aromatic carbocycles. The van der Waals surface area contributed by atoms with Gasteiger partial charge in [0.05, 0.1) is 0 Å². The first-order chi connectivity index (χ1) is 7.81. The molecule has 0 amide bonds. The van der Waals surface area contributed by atoms with E-state index < -0.39 is 0 Å². The summed E-state index contributed by atoms with van der Waals surface area (Å²) in [5, 5.41) is 3.37. The van der Waals surface area contributed by atoms with Gasteiger partial charge in [-0.3, -0.25) is 4.99 Å². The van der Waals surface area contributed by atoms with Crippen molar-refractivity contribution in [2.75, 3.05) is 6.54 Å². The molecule has 17 heavy (non-hydrogen) atoms. The van der Waals surface area contributed by atoms with Crippen LogP contribution >= 0.6 is 0 Å². The van der Waals surface area contributed by atoms with Crippen LogP contribution in [0, 0.1) is 5.41 Å². The van der Waals surface area contributed by atoms with E-state index in [9.17, 15) is 0 Å². The zero-order chi connectivity index (χ0) is 13.5. The third kappa shape index (κ3) is 6.98. The van der Waals surface area contributed by atoms with E-state index in [4.69, 9.17) is 0 Å². The van der Waals surface area contributed by atoms with Gasteiger partial charge in [0.25, 0.3) is 0 Å². The Bertz CT molecular complexity index is 310. The predicted molar refractivity (Wildman–Crippen MR) is 78.4 cm³/mol. The van der Waals surface area contributed by atoms with Crippen molar-refractivity contribution in [3.05, 3.63) is 23.5 Å². The number of likely N-dealkylation sites (N-methyl/N-ethyl adjacent to an activating group) is 1. The van der Waals surface area contributed by atoms with Gasteiger partial charge < -0.3 is 5.32 Å². The minimum absolute atomic E-state index is 0.0690. The summed E-state index contributed by atoms with van der Waals surface area (Å²) >= 11 is 0. The molecule has 0 bridgehead atoms. The van der Waals surface area contributed by atoms with Crippen molar-refractivity contribution >= 4 is 5.71 Å². The number of rotatable bonds is 5. The molecule has 0 aromatic rings. The molecule has 2 heteroatoms. The third-order valence-electron chi connectivity index (χ3n) is 2.21. The molecule has 0 saturated carbocycles. The maximum absolute atomic E-state index is 4.65. The van der Waals surface area contributed by atoms with E-state index in [-0.39, 0.29) is 5.41 Å². The van der Waals surface area contributed by atoms with Crippen LogP contribution in [0.4, 0.5) is 0 Å². The fourth-order valence-electron chi connectivity index (χ4n) is 1.41. The van der Waals surface area contributed by atoms with Crippen LogP contribution < -0.4 is 5.32 Å². The molecule has 2 nitrogen and oxygen atoms in total. The second-order valence-electron chi connectivity index (χ2n) is 5.44. The van der Waals surface area contributed by atoms with Gasteiger partial charge in [-0.2, -0.15) is 0 Å². The van der Waals surface area contributed by atoms with Crippen LogP contribution in [0.15, 0.2) is 28.5 Å². The van der Waals surface area contributed by atoms with Crippen molar-refractivity contribution in [1.82, 2.24) is 5.32 Å². The van der Waals surface area contributed by atoms with E-state index in [1.165, 1.54) is 5.70 Å². The lowest BCUT2D eigenvalue weighted by molar-refractivity contribution is 0.497. The van der Waals surface area contributed by atoms with Gasteiger partial charge in [-0.1, -0.05) is 33.8 Å². The van der Waals surface area contributed by atoms with Gasteiger partial charge in [-0.15, -0.1) is 0 Å². The molecule has 0 radical (unpaired) electrons. The molecule has 0 aliphatic carbocycles. The SMILES string of the molecule is CC/C=C(/C=C(\N=C(C)C)C(C)(C)C)NCC. The van der Waals surface area contributed by atoms with Crippen molar-refractivity contribution in [1.29, 1.82) is 0 Å². The molecule has 0 unspecified atom stereocenters. The van der Waals surface area contributed by atoms with E-state index >= 15 is 0 Å². The lowest BCUT2D eigenvalue weighted by atomic mass is 9.91. The van der Waals surface area contributed by atoms with E-state index in [0.29, 0.717) is 0 Å². The highest BCUT2D eigenvalue weighted by Crippen LogP contribution is 2.27. The normalized spacial score (nSPS) is 13.6. The first-order valence-electron chi connectivity index (χ1n) is 6.49. The largest absolute Gasteiger partial charge is 0.386 e. The minimum atomic E-state index is 0.0690. The fourth-order valence-corrected chi connectivity index (χ4v) is 1.41. The Kier molecular flexibility index (Phi) is 6.86. The second kappa shape index (κ2) is 7.31. The van der Waals surface area contributed by atoms with E-state index in [2.05, 4.69) is 57.1 Å². The minimum Gasteiger partial charge on any atom is -0.386 e. The molecule has 0 heterocycles. The molecule has 0 aliphatic heterocycles. The van der Waals surface area contributed by atoms with Crippen molar-refractivity contribution in [3.8, 4) is 0 Å². The molecule has 0 saturated heterocycles. The molecule has 0 fully saturated rings. The van der Waals surface area contributed by atoms with Crippen molar-refractivity contribution in [2.45, 2.75) is 54.9 Å². The first kappa shape index (κ1) is 16.0. The van der Waals surface area contributed by atoms with E-state index in [1.807, 2.05) is 13.8 Å². The molecule has 1 N–H and O–H groups in total. The van der Waals surface area contributed by atoms with Gasteiger partial charge in [-0.05, 0) is 33.3 Å². The molecule has 0 atom stereocenters. The topological polar surface area (TPSA) is 24.4 Å². The standard InChI is InChI=1S/C15H28N2/c1-8-10-13(16-9-2)11-14(15(5,6)7)17-12(3)4/h10-11,16H,8-9H2,1-7H3/b13-10-,14-11-. The quantitative estimate of drug-likeness (QED) is 0.558. The summed E-state index contributed by atoms with van der Waals surface area (Å²) in [7, 11) is 0. The van der Waals surface area contributed by atoms with Gasteiger partial charge >= 0.3 is 0 Å². The van der Waals surface area contributed by atoms with E-state index in [0.717, 1.165) is 24.4 Å². The summed E-state index contributed by atoms with van der Waals surface area (Å²) in [6.07, 6.45) is 5.40. The second-order valence-corrected chi connectivity index (χ2v) is 5.44. The summed E-state index contributed by atoms with van der Waals surface area (Å²) in [5.74, 6) is 0. The maximum atomic E-state index is 4.65. The number of hydrogen-bond acceptors (Lipinski definition) is 2. The van der Waals surface area contributed by atoms with Crippen molar-refractivity contribution in [2.24, 2.45) is 10.4 Å². The number of nitrogens with zero attached hydrogens (tertiary/aromatic N) is 1. The number of hydrogen-bond donors (Lipinski definition) is 1. The Morgan fingerprint density at radius 1 is 1.18 bits per heavy atom. The molecule has 0 aliphatic rings. The summed E-state index contributed by atoms with van der Waals surface area (Å²) in [4.78, 5) is 4.65. The molecule has 98 valence electrons. The lowest BCUT2D eigenvalue weighted by Crippen LogP contribution is -2.14. The number of allylic oxidation sites excluding steroid dienone is 3. The number of aliphatic imine (C=N–C) groups is 1. The van der Waals surface area contributed by atoms with Gasteiger partial charge in [0.15, 0.2) is 0 Å². The Morgan fingerprint density at radius 2 is 1.76 bits per heavy atom. The Balaban J connectivity index is 5.28. The maximum Gasteiger partial charge on any atom is 0.0476 e. The van der Waals surface area contributed by atoms with E-state index in [1.54, 1.807) is 0 Å². The average Bonchev–Trinajstić information content (AvgIpc) is 2.15. The first-order valence-corrected chi connectivity index (χ1v) is 6.49. The Hall–Kier alpha value is -1.05. The van der Waals surface area contributed by atoms with Gasteiger partial charge in [0.1, 0.15) is 0 Å². The summed E-state index contributed by atoms with van der Waals surface area (Å²) in [6.45, 7) is 15.9. The Morgan fingerprint density at radius 3 is 2.12 bits per heavy atom. The zero-order valence-electron chi connectivity index (χ0n) is 12.5. The van der Waals surface area contributed by atoms with Gasteiger partial charge in [0.2, 0.25) is 0 Å². The predicted octanol–water partition coefficient (Wildman–Crippen LogP) is 4.30. The van der Waals surface area contributed by atoms with Crippen molar-refractivity contribution in [3.63, 3.8) is 0 Å². The highest BCUT2D eigenvalue weighted by Gasteiger charge is 2.16. The molecular formula is C15H28N2. The smallest absolute Gasteiger partial charge is 0.0476 e. The van der Waals surface area contributed by atoms with Crippen LogP contribution in [0.25, 0.3) is 0 Å². The van der Waals surface area contributed by atoms with Crippen LogP contribution in [0.2, 0.25) is 0 Å². The highest BCUT2D eigenvalue weighted by atomic mass is 14.9. The lowest BCUT2D eigenvalue weighted by Gasteiger charge is -2.20. The fraction of sp³-hybridized carbons (Fsp3) is 0.667. The average molecular weight is 236 g/mol. The van der Waals surface area contributed by atoms with Gasteiger partial charge in [-0.25, -0.2) is 0 Å². The number of nitrogens with one attached hydrogen (secondary N) is 1. The molecule has 0 aromatic heterocycles. The molecular weight excluding hydrogens is 208 g/mol. The van der Waals surface area contributed by atoms with Gasteiger partial charge in [0, 0.05) is 29.1 Å². The monoisotopic (exact) mass is 236 g/mol. The van der Waals surface area contributed by atoms with Crippen LogP contribution in [-0.2, 0) is 0 Å². The van der Waals surface area contributed by atoms with Crippen LogP contribution in [0.5, 0.6) is 0 Å². The Labute approximate surface area is 107 Å². The van der Waals surface area contributed by atoms with Crippen LogP contribution in [0.3, 0.4) is 0 Å². The summed E-state index contributed by atoms with van der Waals surface area (Å²) in [5.41, 5.74) is 3.46. The van der Waals surface area contributed by atoms with Crippen LogP contribution in [-0.4, -0.2) is 12.3 Å². The molecule has 0 spiro atoms. The molecule has 0 rings (SSSR count). The third-order valence-corrected chi connectivity index (χ3v) is 2.21. The zero-order valence-corrected chi connectivity index (χ0v) is 12.5.